The monoisotopic (exact) mass is 247 g/mol. The predicted molar refractivity (Wildman–Crippen MR) is 81.0 cm³/mol. The van der Waals surface area contributed by atoms with E-state index in [2.05, 4.69) is 64.2 Å². The Kier molecular flexibility index (Phi) is 5.87. The van der Waals surface area contributed by atoms with Gasteiger partial charge in [0.05, 0.1) is 0 Å². The molecule has 0 aliphatic heterocycles. The van der Waals surface area contributed by atoms with Crippen LogP contribution < -0.4 is 5.32 Å². The second kappa shape index (κ2) is 6.94. The van der Waals surface area contributed by atoms with Crippen LogP contribution in [0.15, 0.2) is 24.3 Å². The quantitative estimate of drug-likeness (QED) is 0.725. The first kappa shape index (κ1) is 15.2. The van der Waals surface area contributed by atoms with Crippen LogP contribution in [0, 0.1) is 0 Å². The third-order valence-electron chi connectivity index (χ3n) is 4.34. The molecule has 0 atom stereocenters. The Bertz CT molecular complexity index is 325. The van der Waals surface area contributed by atoms with Crippen molar-refractivity contribution >= 4 is 0 Å². The van der Waals surface area contributed by atoms with Gasteiger partial charge in [-0.05, 0) is 36.3 Å². The van der Waals surface area contributed by atoms with Crippen molar-refractivity contribution in [1.82, 2.24) is 5.32 Å². The predicted octanol–water partition coefficient (Wildman–Crippen LogP) is 4.87. The molecule has 0 aliphatic rings. The molecule has 0 unspecified atom stereocenters. The van der Waals surface area contributed by atoms with Crippen molar-refractivity contribution in [2.45, 2.75) is 71.9 Å². The fourth-order valence-corrected chi connectivity index (χ4v) is 2.43. The largest absolute Gasteiger partial charge is 0.307 e. The van der Waals surface area contributed by atoms with Crippen LogP contribution in [0.3, 0.4) is 0 Å². The molecule has 0 spiro atoms. The summed E-state index contributed by atoms with van der Waals surface area (Å²) < 4.78 is 0. The number of rotatable bonds is 7. The van der Waals surface area contributed by atoms with Crippen LogP contribution in [0.4, 0.5) is 0 Å². The van der Waals surface area contributed by atoms with Gasteiger partial charge in [-0.25, -0.2) is 0 Å². The highest BCUT2D eigenvalue weighted by atomic mass is 15.0. The van der Waals surface area contributed by atoms with Crippen molar-refractivity contribution in [3.05, 3.63) is 35.4 Å². The summed E-state index contributed by atoms with van der Waals surface area (Å²) in [5.74, 6) is 0.619. The molecular weight excluding hydrogens is 218 g/mol. The highest BCUT2D eigenvalue weighted by molar-refractivity contribution is 5.24. The van der Waals surface area contributed by atoms with Crippen molar-refractivity contribution in [1.29, 1.82) is 0 Å². The maximum absolute atomic E-state index is 3.75. The van der Waals surface area contributed by atoms with E-state index in [0.29, 0.717) is 11.5 Å². The number of hydrogen-bond acceptors (Lipinski definition) is 1. The average molecular weight is 247 g/mol. The van der Waals surface area contributed by atoms with Gasteiger partial charge in [0.2, 0.25) is 0 Å². The van der Waals surface area contributed by atoms with Crippen LogP contribution in [0.1, 0.15) is 70.9 Å². The van der Waals surface area contributed by atoms with Crippen molar-refractivity contribution in [3.8, 4) is 0 Å². The standard InChI is InChI=1S/C17H29N/c1-6-17(7-2,8-3)18-13-15-9-11-16(12-10-15)14(4)5/h9-12,14,18H,6-8,13H2,1-5H3. The zero-order valence-corrected chi connectivity index (χ0v) is 12.7. The fraction of sp³-hybridized carbons (Fsp3) is 0.647. The third-order valence-corrected chi connectivity index (χ3v) is 4.34. The first-order valence-electron chi connectivity index (χ1n) is 7.40. The topological polar surface area (TPSA) is 12.0 Å². The van der Waals surface area contributed by atoms with Gasteiger partial charge in [-0.3, -0.25) is 0 Å². The van der Waals surface area contributed by atoms with Crippen LogP contribution in [0.2, 0.25) is 0 Å². The Labute approximate surface area is 113 Å². The summed E-state index contributed by atoms with van der Waals surface area (Å²) in [6.45, 7) is 12.3. The third kappa shape index (κ3) is 3.84. The van der Waals surface area contributed by atoms with Gasteiger partial charge in [0.1, 0.15) is 0 Å². The Morgan fingerprint density at radius 1 is 0.944 bits per heavy atom. The van der Waals surface area contributed by atoms with E-state index in [0.717, 1.165) is 6.54 Å². The summed E-state index contributed by atoms with van der Waals surface area (Å²) in [4.78, 5) is 0. The molecule has 0 saturated heterocycles. The van der Waals surface area contributed by atoms with Crippen LogP contribution in [0.25, 0.3) is 0 Å². The lowest BCUT2D eigenvalue weighted by Crippen LogP contribution is -2.43. The van der Waals surface area contributed by atoms with E-state index < -0.39 is 0 Å². The van der Waals surface area contributed by atoms with Crippen LogP contribution in [-0.2, 0) is 6.54 Å². The lowest BCUT2D eigenvalue weighted by atomic mass is 9.89. The number of hydrogen-bond donors (Lipinski definition) is 1. The molecule has 1 rings (SSSR count). The molecule has 0 radical (unpaired) electrons. The number of nitrogens with one attached hydrogen (secondary N) is 1. The summed E-state index contributed by atoms with van der Waals surface area (Å²) in [6, 6.07) is 9.03. The van der Waals surface area contributed by atoms with Gasteiger partial charge in [-0.2, -0.15) is 0 Å². The van der Waals surface area contributed by atoms with E-state index in [1.807, 2.05) is 0 Å². The minimum absolute atomic E-state index is 0.316. The second-order valence-corrected chi connectivity index (χ2v) is 5.59. The lowest BCUT2D eigenvalue weighted by Gasteiger charge is -2.32. The van der Waals surface area contributed by atoms with E-state index in [1.165, 1.54) is 30.4 Å². The minimum atomic E-state index is 0.316. The van der Waals surface area contributed by atoms with Crippen LogP contribution in [0.5, 0.6) is 0 Å². The summed E-state index contributed by atoms with van der Waals surface area (Å²) in [5, 5.41) is 3.75. The smallest absolute Gasteiger partial charge is 0.0210 e. The average Bonchev–Trinajstić information content (AvgIpc) is 2.41. The second-order valence-electron chi connectivity index (χ2n) is 5.59. The van der Waals surface area contributed by atoms with E-state index in [4.69, 9.17) is 0 Å². The molecule has 0 saturated carbocycles. The molecule has 0 aromatic heterocycles. The highest BCUT2D eigenvalue weighted by Crippen LogP contribution is 2.20. The molecule has 0 fully saturated rings. The molecule has 18 heavy (non-hydrogen) atoms. The van der Waals surface area contributed by atoms with Gasteiger partial charge in [0.25, 0.3) is 0 Å². The maximum Gasteiger partial charge on any atom is 0.0210 e. The normalized spacial score (nSPS) is 12.1. The Balaban J connectivity index is 2.62. The Morgan fingerprint density at radius 3 is 1.83 bits per heavy atom. The Hall–Kier alpha value is -0.820. The van der Waals surface area contributed by atoms with Gasteiger partial charge in [-0.1, -0.05) is 58.9 Å². The van der Waals surface area contributed by atoms with Crippen molar-refractivity contribution in [2.24, 2.45) is 0 Å². The molecule has 1 aromatic rings. The van der Waals surface area contributed by atoms with E-state index in [9.17, 15) is 0 Å². The fourth-order valence-electron chi connectivity index (χ4n) is 2.43. The first-order chi connectivity index (χ1) is 8.56. The number of benzene rings is 1. The molecule has 0 bridgehead atoms. The van der Waals surface area contributed by atoms with Crippen LogP contribution in [-0.4, -0.2) is 5.54 Å². The molecule has 1 nitrogen and oxygen atoms in total. The molecule has 0 aliphatic carbocycles. The minimum Gasteiger partial charge on any atom is -0.307 e. The molecular formula is C17H29N. The maximum atomic E-state index is 3.75. The summed E-state index contributed by atoms with van der Waals surface area (Å²) >= 11 is 0. The zero-order valence-electron chi connectivity index (χ0n) is 12.7. The molecule has 1 N–H and O–H groups in total. The van der Waals surface area contributed by atoms with Crippen molar-refractivity contribution in [2.75, 3.05) is 0 Å². The van der Waals surface area contributed by atoms with Gasteiger partial charge in [-0.15, -0.1) is 0 Å². The van der Waals surface area contributed by atoms with Crippen molar-refractivity contribution < 1.29 is 0 Å². The summed E-state index contributed by atoms with van der Waals surface area (Å²) in [6.07, 6.45) is 3.60. The van der Waals surface area contributed by atoms with Crippen LogP contribution >= 0.6 is 0 Å². The molecule has 1 heteroatoms. The summed E-state index contributed by atoms with van der Waals surface area (Å²) in [5.41, 5.74) is 3.13. The molecule has 0 amide bonds. The van der Waals surface area contributed by atoms with E-state index in [-0.39, 0.29) is 0 Å². The van der Waals surface area contributed by atoms with Gasteiger partial charge < -0.3 is 5.32 Å². The molecule has 1 aromatic carbocycles. The Morgan fingerprint density at radius 2 is 1.44 bits per heavy atom. The van der Waals surface area contributed by atoms with Gasteiger partial charge in [0.15, 0.2) is 0 Å². The van der Waals surface area contributed by atoms with E-state index in [1.54, 1.807) is 0 Å². The zero-order chi connectivity index (χ0) is 13.6. The van der Waals surface area contributed by atoms with E-state index >= 15 is 0 Å². The van der Waals surface area contributed by atoms with Gasteiger partial charge >= 0.3 is 0 Å². The SMILES string of the molecule is CCC(CC)(CC)NCc1ccc(C(C)C)cc1. The molecule has 102 valence electrons. The van der Waals surface area contributed by atoms with Gasteiger partial charge in [0, 0.05) is 12.1 Å². The summed E-state index contributed by atoms with van der Waals surface area (Å²) in [7, 11) is 0. The van der Waals surface area contributed by atoms with Crippen molar-refractivity contribution in [3.63, 3.8) is 0 Å². The first-order valence-corrected chi connectivity index (χ1v) is 7.40. The lowest BCUT2D eigenvalue weighted by molar-refractivity contribution is 0.288. The highest BCUT2D eigenvalue weighted by Gasteiger charge is 2.22. The molecule has 0 heterocycles.